The molecule has 2 heterocycles. The summed E-state index contributed by atoms with van der Waals surface area (Å²) >= 11 is 1.81. The number of nitrogens with zero attached hydrogens (tertiary/aromatic N) is 2. The van der Waals surface area contributed by atoms with Crippen molar-refractivity contribution in [3.8, 4) is 17.0 Å². The number of hydrogen-bond donors (Lipinski definition) is 0. The van der Waals surface area contributed by atoms with Crippen molar-refractivity contribution in [2.45, 2.75) is 24.3 Å². The second kappa shape index (κ2) is 3.87. The Morgan fingerprint density at radius 3 is 2.94 bits per heavy atom. The maximum atomic E-state index is 6.10. The molecule has 0 atom stereocenters. The van der Waals surface area contributed by atoms with Crippen LogP contribution in [0.4, 0.5) is 0 Å². The number of hydrogen-bond acceptors (Lipinski definition) is 4. The molecule has 1 aliphatic rings. The predicted molar refractivity (Wildman–Crippen MR) is 69.8 cm³/mol. The average molecular weight is 311 g/mol. The Labute approximate surface area is 111 Å². The molecule has 0 radical (unpaired) electrons. The first-order valence-electron chi connectivity index (χ1n) is 5.32. The van der Waals surface area contributed by atoms with Gasteiger partial charge < -0.3 is 0 Å². The SMILES string of the molecule is CSc1ccc2c(c1)OC(C)(C)c1[se]nnc1-2. The molecule has 5 heteroatoms. The van der Waals surface area contributed by atoms with Gasteiger partial charge in [0.2, 0.25) is 0 Å². The first-order valence-corrected chi connectivity index (χ1v) is 8.17. The molecular formula is C12H12N2OSSe. The van der Waals surface area contributed by atoms with Gasteiger partial charge in [-0.05, 0) is 0 Å². The molecule has 17 heavy (non-hydrogen) atoms. The van der Waals surface area contributed by atoms with Crippen LogP contribution >= 0.6 is 11.8 Å². The molecule has 1 aromatic carbocycles. The van der Waals surface area contributed by atoms with E-state index in [0.717, 1.165) is 17.0 Å². The first-order chi connectivity index (χ1) is 8.12. The van der Waals surface area contributed by atoms with Crippen LogP contribution in [-0.4, -0.2) is 30.2 Å². The number of ether oxygens (including phenoxy) is 1. The molecule has 0 unspecified atom stereocenters. The number of aromatic nitrogens is 2. The van der Waals surface area contributed by atoms with Crippen molar-refractivity contribution >= 4 is 26.5 Å². The fourth-order valence-electron chi connectivity index (χ4n) is 1.99. The van der Waals surface area contributed by atoms with Crippen molar-refractivity contribution in [3.63, 3.8) is 0 Å². The summed E-state index contributed by atoms with van der Waals surface area (Å²) < 4.78 is 11.5. The third-order valence-electron chi connectivity index (χ3n) is 2.84. The Balaban J connectivity index is 2.23. The summed E-state index contributed by atoms with van der Waals surface area (Å²) in [5, 5.41) is 4.30. The van der Waals surface area contributed by atoms with Crippen LogP contribution in [0.3, 0.4) is 0 Å². The van der Waals surface area contributed by atoms with E-state index in [4.69, 9.17) is 4.74 Å². The van der Waals surface area contributed by atoms with Crippen molar-refractivity contribution in [3.05, 3.63) is 22.6 Å². The molecule has 3 nitrogen and oxygen atoms in total. The van der Waals surface area contributed by atoms with Crippen LogP contribution in [0.25, 0.3) is 11.3 Å². The fraction of sp³-hybridized carbons (Fsp3) is 0.333. The van der Waals surface area contributed by atoms with Gasteiger partial charge in [0.15, 0.2) is 0 Å². The molecular weight excluding hydrogens is 299 g/mol. The predicted octanol–water partition coefficient (Wildman–Crippen LogP) is 2.55. The summed E-state index contributed by atoms with van der Waals surface area (Å²) in [5.41, 5.74) is 1.84. The molecule has 0 spiro atoms. The molecule has 2 aromatic rings. The van der Waals surface area contributed by atoms with Gasteiger partial charge in [-0.1, -0.05) is 0 Å². The van der Waals surface area contributed by atoms with Crippen LogP contribution in [0.1, 0.15) is 18.3 Å². The van der Waals surface area contributed by atoms with Crippen LogP contribution in [0.5, 0.6) is 5.75 Å². The molecule has 0 N–H and O–H groups in total. The second-order valence-corrected chi connectivity index (χ2v) is 6.89. The van der Waals surface area contributed by atoms with Crippen molar-refractivity contribution < 1.29 is 4.74 Å². The van der Waals surface area contributed by atoms with Gasteiger partial charge in [0, 0.05) is 0 Å². The molecule has 3 rings (SSSR count). The fourth-order valence-corrected chi connectivity index (χ4v) is 3.90. The van der Waals surface area contributed by atoms with Gasteiger partial charge in [-0.25, -0.2) is 0 Å². The Kier molecular flexibility index (Phi) is 2.58. The molecule has 0 saturated carbocycles. The zero-order valence-electron chi connectivity index (χ0n) is 9.85. The van der Waals surface area contributed by atoms with E-state index >= 15 is 0 Å². The minimum atomic E-state index is -0.275. The van der Waals surface area contributed by atoms with Gasteiger partial charge in [-0.2, -0.15) is 0 Å². The summed E-state index contributed by atoms with van der Waals surface area (Å²) in [4.78, 5) is 1.21. The van der Waals surface area contributed by atoms with Crippen LogP contribution in [-0.2, 0) is 5.60 Å². The van der Waals surface area contributed by atoms with Crippen LogP contribution in [0.2, 0.25) is 0 Å². The molecule has 88 valence electrons. The summed E-state index contributed by atoms with van der Waals surface area (Å²) in [6, 6.07) is 6.29. The minimum absolute atomic E-state index is 0.0920. The van der Waals surface area contributed by atoms with E-state index in [1.165, 1.54) is 9.33 Å². The summed E-state index contributed by atoms with van der Waals surface area (Å²) in [7, 11) is 0. The standard InChI is InChI=1S/C12H12N2OSSe/c1-12(2)11-10(13-14-17-11)8-5-4-7(16-3)6-9(8)15-12/h4-6H,1-3H3. The first kappa shape index (κ1) is 11.3. The summed E-state index contributed by atoms with van der Waals surface area (Å²) in [6.45, 7) is 4.18. The molecule has 0 fully saturated rings. The van der Waals surface area contributed by atoms with E-state index in [1.54, 1.807) is 11.8 Å². The van der Waals surface area contributed by atoms with Crippen molar-refractivity contribution in [2.24, 2.45) is 0 Å². The van der Waals surface area contributed by atoms with Gasteiger partial charge in [0.1, 0.15) is 0 Å². The number of rotatable bonds is 1. The van der Waals surface area contributed by atoms with Crippen molar-refractivity contribution in [2.75, 3.05) is 6.26 Å². The molecule has 0 aliphatic carbocycles. The van der Waals surface area contributed by atoms with E-state index in [1.807, 2.05) is 0 Å². The second-order valence-electron chi connectivity index (χ2n) is 4.43. The summed E-state index contributed by atoms with van der Waals surface area (Å²) in [6.07, 6.45) is 2.07. The van der Waals surface area contributed by atoms with Gasteiger partial charge in [-0.15, -0.1) is 0 Å². The summed E-state index contributed by atoms with van der Waals surface area (Å²) in [5.74, 6) is 0.928. The van der Waals surface area contributed by atoms with E-state index in [9.17, 15) is 0 Å². The van der Waals surface area contributed by atoms with E-state index in [-0.39, 0.29) is 20.3 Å². The van der Waals surface area contributed by atoms with Crippen LogP contribution < -0.4 is 4.74 Å². The molecule has 0 bridgehead atoms. The van der Waals surface area contributed by atoms with Crippen LogP contribution in [0.15, 0.2) is 23.1 Å². The Bertz CT molecular complexity index is 580. The Morgan fingerprint density at radius 2 is 2.18 bits per heavy atom. The zero-order chi connectivity index (χ0) is 12.0. The normalized spacial score (nSPS) is 15.9. The average Bonchev–Trinajstić information content (AvgIpc) is 2.77. The molecule has 0 saturated heterocycles. The molecule has 1 aliphatic heterocycles. The monoisotopic (exact) mass is 312 g/mol. The number of benzene rings is 1. The Hall–Kier alpha value is -0.771. The topological polar surface area (TPSA) is 35.0 Å². The van der Waals surface area contributed by atoms with Gasteiger partial charge in [0.25, 0.3) is 0 Å². The molecule has 0 amide bonds. The van der Waals surface area contributed by atoms with Gasteiger partial charge in [0.05, 0.1) is 0 Å². The molecule has 1 aromatic heterocycles. The quantitative estimate of drug-likeness (QED) is 0.599. The number of fused-ring (bicyclic) bond motifs is 3. The zero-order valence-corrected chi connectivity index (χ0v) is 12.4. The van der Waals surface area contributed by atoms with Gasteiger partial charge in [-0.3, -0.25) is 0 Å². The van der Waals surface area contributed by atoms with E-state index < -0.39 is 0 Å². The van der Waals surface area contributed by atoms with Crippen LogP contribution in [0, 0.1) is 0 Å². The van der Waals surface area contributed by atoms with Crippen molar-refractivity contribution in [1.82, 2.24) is 9.19 Å². The number of thioether (sulfide) groups is 1. The third-order valence-corrected chi connectivity index (χ3v) is 5.73. The van der Waals surface area contributed by atoms with Crippen molar-refractivity contribution in [1.29, 1.82) is 0 Å². The van der Waals surface area contributed by atoms with E-state index in [0.29, 0.717) is 0 Å². The van der Waals surface area contributed by atoms with E-state index in [2.05, 4.69) is 47.5 Å². The van der Waals surface area contributed by atoms with Gasteiger partial charge >= 0.3 is 111 Å². The third kappa shape index (κ3) is 1.73. The Morgan fingerprint density at radius 1 is 1.35 bits per heavy atom. The maximum absolute atomic E-state index is 6.10.